The summed E-state index contributed by atoms with van der Waals surface area (Å²) in [4.78, 5) is 20.9. The number of nitrogens with two attached hydrogens (primary N) is 1. The Bertz CT molecular complexity index is 636. The minimum absolute atomic E-state index is 0.0505. The van der Waals surface area contributed by atoms with Crippen molar-refractivity contribution in [2.24, 2.45) is 5.73 Å². The Morgan fingerprint density at radius 1 is 1.05 bits per heavy atom. The molecule has 0 aliphatic heterocycles. The van der Waals surface area contributed by atoms with E-state index in [1.54, 1.807) is 36.4 Å². The van der Waals surface area contributed by atoms with Crippen molar-refractivity contribution < 1.29 is 14.5 Å². The van der Waals surface area contributed by atoms with Gasteiger partial charge in [-0.15, -0.1) is 0 Å². The zero-order valence-electron chi connectivity index (χ0n) is 11.2. The van der Waals surface area contributed by atoms with Gasteiger partial charge in [-0.1, -0.05) is 12.1 Å². The summed E-state index contributed by atoms with van der Waals surface area (Å²) in [6.07, 6.45) is 0.197. The zero-order valence-corrected chi connectivity index (χ0v) is 11.2. The van der Waals surface area contributed by atoms with E-state index in [-0.39, 0.29) is 18.0 Å². The topological polar surface area (TPSA) is 95.5 Å². The van der Waals surface area contributed by atoms with E-state index in [0.717, 1.165) is 11.1 Å². The highest BCUT2D eigenvalue weighted by Crippen LogP contribution is 2.16. The van der Waals surface area contributed by atoms with E-state index in [1.807, 2.05) is 0 Å². The first-order chi connectivity index (χ1) is 10.0. The summed E-state index contributed by atoms with van der Waals surface area (Å²) in [5.41, 5.74) is 6.82. The van der Waals surface area contributed by atoms with Gasteiger partial charge in [0.25, 0.3) is 5.69 Å². The molecule has 108 valence electrons. The fraction of sp³-hybridized carbons (Fsp3) is 0.133. The lowest BCUT2D eigenvalue weighted by atomic mass is 10.1. The van der Waals surface area contributed by atoms with Gasteiger partial charge < -0.3 is 10.5 Å². The quantitative estimate of drug-likeness (QED) is 0.650. The van der Waals surface area contributed by atoms with Gasteiger partial charge in [-0.25, -0.2) is 0 Å². The average molecular weight is 286 g/mol. The third kappa shape index (κ3) is 4.31. The van der Waals surface area contributed by atoms with Crippen molar-refractivity contribution in [3.8, 4) is 5.75 Å². The molecule has 2 aromatic rings. The maximum absolute atomic E-state index is 10.8. The number of primary amides is 1. The highest BCUT2D eigenvalue weighted by Gasteiger charge is 2.04. The predicted molar refractivity (Wildman–Crippen MR) is 76.8 cm³/mol. The Morgan fingerprint density at radius 2 is 1.62 bits per heavy atom. The number of non-ortho nitro benzene ring substituents is 1. The van der Waals surface area contributed by atoms with E-state index in [0.29, 0.717) is 12.4 Å². The number of carbonyl (C=O) groups is 1. The standard InChI is InChI=1S/C15H14N2O4/c16-15(18)9-11-3-7-14(8-4-11)21-10-12-1-5-13(6-2-12)17(19)20/h1-8H,9-10H2,(H2,16,18). The van der Waals surface area contributed by atoms with Crippen LogP contribution in [0.15, 0.2) is 48.5 Å². The second-order valence-electron chi connectivity index (χ2n) is 4.50. The number of nitro groups is 1. The molecule has 0 bridgehead atoms. The molecule has 0 saturated heterocycles. The van der Waals surface area contributed by atoms with Gasteiger partial charge >= 0.3 is 0 Å². The van der Waals surface area contributed by atoms with Crippen LogP contribution in [0, 0.1) is 10.1 Å². The molecule has 0 unspecified atom stereocenters. The number of rotatable bonds is 6. The van der Waals surface area contributed by atoms with Gasteiger partial charge in [0.1, 0.15) is 12.4 Å². The monoisotopic (exact) mass is 286 g/mol. The van der Waals surface area contributed by atoms with Crippen LogP contribution in [0.3, 0.4) is 0 Å². The second-order valence-corrected chi connectivity index (χ2v) is 4.50. The van der Waals surface area contributed by atoms with Crippen LogP contribution < -0.4 is 10.5 Å². The van der Waals surface area contributed by atoms with Crippen LogP contribution in [0.2, 0.25) is 0 Å². The average Bonchev–Trinajstić information content (AvgIpc) is 2.46. The van der Waals surface area contributed by atoms with E-state index >= 15 is 0 Å². The smallest absolute Gasteiger partial charge is 0.269 e. The number of hydrogen-bond acceptors (Lipinski definition) is 4. The maximum atomic E-state index is 10.8. The number of ether oxygens (including phenoxy) is 1. The first-order valence-corrected chi connectivity index (χ1v) is 6.28. The molecule has 1 amide bonds. The van der Waals surface area contributed by atoms with Crippen LogP contribution >= 0.6 is 0 Å². The minimum Gasteiger partial charge on any atom is -0.489 e. The summed E-state index contributed by atoms with van der Waals surface area (Å²) in [6, 6.07) is 13.2. The van der Waals surface area contributed by atoms with Crippen molar-refractivity contribution in [3.63, 3.8) is 0 Å². The minimum atomic E-state index is -0.442. The molecule has 2 aromatic carbocycles. The van der Waals surface area contributed by atoms with Crippen LogP contribution in [-0.2, 0) is 17.8 Å². The molecule has 0 radical (unpaired) electrons. The van der Waals surface area contributed by atoms with Crippen molar-refractivity contribution in [1.82, 2.24) is 0 Å². The number of hydrogen-bond donors (Lipinski definition) is 1. The summed E-state index contributed by atoms with van der Waals surface area (Å²) >= 11 is 0. The van der Waals surface area contributed by atoms with Crippen molar-refractivity contribution in [1.29, 1.82) is 0 Å². The lowest BCUT2D eigenvalue weighted by Gasteiger charge is -2.07. The van der Waals surface area contributed by atoms with Crippen molar-refractivity contribution in [2.75, 3.05) is 0 Å². The predicted octanol–water partition coefficient (Wildman–Crippen LogP) is 2.20. The first kappa shape index (κ1) is 14.5. The number of amides is 1. The van der Waals surface area contributed by atoms with Crippen molar-refractivity contribution in [3.05, 3.63) is 69.8 Å². The Hall–Kier alpha value is -2.89. The van der Waals surface area contributed by atoms with Crippen molar-refractivity contribution in [2.45, 2.75) is 13.0 Å². The molecule has 2 rings (SSSR count). The lowest BCUT2D eigenvalue weighted by Crippen LogP contribution is -2.13. The van der Waals surface area contributed by atoms with Crippen LogP contribution in [-0.4, -0.2) is 10.8 Å². The maximum Gasteiger partial charge on any atom is 0.269 e. The summed E-state index contributed by atoms with van der Waals surface area (Å²) in [7, 11) is 0. The lowest BCUT2D eigenvalue weighted by molar-refractivity contribution is -0.384. The Kier molecular flexibility index (Phi) is 4.50. The molecular formula is C15H14N2O4. The molecule has 0 atom stereocenters. The van der Waals surface area contributed by atoms with Crippen LogP contribution in [0.5, 0.6) is 5.75 Å². The Balaban J connectivity index is 1.93. The largest absolute Gasteiger partial charge is 0.489 e. The Morgan fingerprint density at radius 3 is 2.14 bits per heavy atom. The van der Waals surface area contributed by atoms with Gasteiger partial charge in [0.15, 0.2) is 0 Å². The molecule has 0 heterocycles. The van der Waals surface area contributed by atoms with Gasteiger partial charge in [-0.05, 0) is 35.4 Å². The molecule has 6 heteroatoms. The van der Waals surface area contributed by atoms with Crippen LogP contribution in [0.4, 0.5) is 5.69 Å². The molecule has 0 spiro atoms. The molecule has 21 heavy (non-hydrogen) atoms. The highest BCUT2D eigenvalue weighted by atomic mass is 16.6. The summed E-state index contributed by atoms with van der Waals surface area (Å²) in [5.74, 6) is 0.274. The van der Waals surface area contributed by atoms with E-state index in [4.69, 9.17) is 10.5 Å². The molecule has 6 nitrogen and oxygen atoms in total. The van der Waals surface area contributed by atoms with E-state index in [9.17, 15) is 14.9 Å². The van der Waals surface area contributed by atoms with Gasteiger partial charge in [0.05, 0.1) is 11.3 Å². The Labute approximate surface area is 121 Å². The van der Waals surface area contributed by atoms with Crippen LogP contribution in [0.25, 0.3) is 0 Å². The molecule has 0 aliphatic carbocycles. The summed E-state index contributed by atoms with van der Waals surface area (Å²) in [5, 5.41) is 10.5. The summed E-state index contributed by atoms with van der Waals surface area (Å²) < 4.78 is 5.57. The third-order valence-corrected chi connectivity index (χ3v) is 2.85. The molecule has 0 aliphatic rings. The molecular weight excluding hydrogens is 272 g/mol. The SMILES string of the molecule is NC(=O)Cc1ccc(OCc2ccc([N+](=O)[O-])cc2)cc1. The third-order valence-electron chi connectivity index (χ3n) is 2.85. The normalized spacial score (nSPS) is 10.1. The van der Waals surface area contributed by atoms with E-state index < -0.39 is 4.92 Å². The second kappa shape index (κ2) is 6.51. The zero-order chi connectivity index (χ0) is 15.2. The van der Waals surface area contributed by atoms with Gasteiger partial charge in [0.2, 0.25) is 5.91 Å². The molecule has 0 saturated carbocycles. The fourth-order valence-electron chi connectivity index (χ4n) is 1.79. The number of carbonyl (C=O) groups excluding carboxylic acids is 1. The van der Waals surface area contributed by atoms with Crippen LogP contribution in [0.1, 0.15) is 11.1 Å². The van der Waals surface area contributed by atoms with Crippen molar-refractivity contribution >= 4 is 11.6 Å². The molecule has 2 N–H and O–H groups in total. The van der Waals surface area contributed by atoms with Gasteiger partial charge in [-0.3, -0.25) is 14.9 Å². The van der Waals surface area contributed by atoms with Gasteiger partial charge in [0, 0.05) is 12.1 Å². The fourth-order valence-corrected chi connectivity index (χ4v) is 1.79. The number of nitro benzene ring substituents is 1. The molecule has 0 fully saturated rings. The summed E-state index contributed by atoms with van der Waals surface area (Å²) in [6.45, 7) is 0.313. The first-order valence-electron chi connectivity index (χ1n) is 6.28. The number of nitrogens with zero attached hydrogens (tertiary/aromatic N) is 1. The number of benzene rings is 2. The van der Waals surface area contributed by atoms with Gasteiger partial charge in [-0.2, -0.15) is 0 Å². The molecule has 0 aromatic heterocycles. The van der Waals surface area contributed by atoms with E-state index in [2.05, 4.69) is 0 Å². The highest BCUT2D eigenvalue weighted by molar-refractivity contribution is 5.76. The van der Waals surface area contributed by atoms with E-state index in [1.165, 1.54) is 12.1 Å².